The van der Waals surface area contributed by atoms with E-state index in [0.29, 0.717) is 31.9 Å². The van der Waals surface area contributed by atoms with Gasteiger partial charge in [0.05, 0.1) is 17.1 Å². The van der Waals surface area contributed by atoms with E-state index >= 15 is 0 Å². The Morgan fingerprint density at radius 1 is 1.17 bits per heavy atom. The van der Waals surface area contributed by atoms with E-state index < -0.39 is 11.7 Å². The maximum absolute atomic E-state index is 14.6. The minimum Gasteiger partial charge on any atom is -0.484 e. The first-order valence-electron chi connectivity index (χ1n) is 11.9. The van der Waals surface area contributed by atoms with E-state index in [9.17, 15) is 19.2 Å². The number of carbonyl (C=O) groups is 1. The minimum atomic E-state index is -0.728. The fourth-order valence-electron chi connectivity index (χ4n) is 4.79. The molecule has 0 radical (unpaired) electrons. The molecule has 2 aromatic heterocycles. The van der Waals surface area contributed by atoms with Gasteiger partial charge in [0.15, 0.2) is 17.3 Å². The summed E-state index contributed by atoms with van der Waals surface area (Å²) in [5.74, 6) is -0.868. The second kappa shape index (κ2) is 9.95. The van der Waals surface area contributed by atoms with Crippen molar-refractivity contribution in [3.63, 3.8) is 0 Å². The van der Waals surface area contributed by atoms with Gasteiger partial charge in [0.2, 0.25) is 0 Å². The average Bonchev–Trinajstić information content (AvgIpc) is 2.91. The molecule has 0 unspecified atom stereocenters. The van der Waals surface area contributed by atoms with Crippen LogP contribution in [0, 0.1) is 17.1 Å². The number of hydrogen-bond donors (Lipinski definition) is 0. The number of aromatic nitrogens is 2. The van der Waals surface area contributed by atoms with Gasteiger partial charge in [0.1, 0.15) is 13.2 Å². The normalized spacial score (nSPS) is 16.0. The topological polar surface area (TPSA) is 101 Å². The highest BCUT2D eigenvalue weighted by Gasteiger charge is 2.30. The molecule has 4 heterocycles. The fourth-order valence-corrected chi connectivity index (χ4v) is 4.79. The third kappa shape index (κ3) is 4.62. The Balaban J connectivity index is 1.21. The predicted molar refractivity (Wildman–Crippen MR) is 130 cm³/mol. The zero-order valence-electron chi connectivity index (χ0n) is 19.9. The monoisotopic (exact) mass is 491 g/mol. The van der Waals surface area contributed by atoms with Crippen LogP contribution in [0.2, 0.25) is 0 Å². The first-order valence-corrected chi connectivity index (χ1v) is 11.9. The minimum absolute atomic E-state index is 0.0541. The maximum atomic E-state index is 14.6. The Bertz CT molecular complexity index is 1410. The summed E-state index contributed by atoms with van der Waals surface area (Å²) >= 11 is 0. The summed E-state index contributed by atoms with van der Waals surface area (Å²) in [5, 5.41) is 10.1. The Kier molecular flexibility index (Phi) is 6.57. The molecule has 0 bridgehead atoms. The highest BCUT2D eigenvalue weighted by Crippen LogP contribution is 2.30. The highest BCUT2D eigenvalue weighted by molar-refractivity contribution is 5.93. The molecule has 5 rings (SSSR count). The molecule has 1 amide bonds. The summed E-state index contributed by atoms with van der Waals surface area (Å²) < 4.78 is 27.0. The van der Waals surface area contributed by atoms with Crippen molar-refractivity contribution >= 4 is 16.8 Å². The fraction of sp³-hybridized carbons (Fsp3) is 0.385. The van der Waals surface area contributed by atoms with Crippen LogP contribution < -0.4 is 15.0 Å². The number of nitriles is 1. The molecule has 2 aliphatic rings. The van der Waals surface area contributed by atoms with Crippen LogP contribution in [0.15, 0.2) is 41.2 Å². The van der Waals surface area contributed by atoms with Gasteiger partial charge in [-0.2, -0.15) is 5.26 Å². The molecular formula is C26H26FN5O4. The lowest BCUT2D eigenvalue weighted by Crippen LogP contribution is -2.46. The number of halogens is 1. The van der Waals surface area contributed by atoms with Crippen LogP contribution in [-0.2, 0) is 6.54 Å². The molecule has 1 aromatic carbocycles. The van der Waals surface area contributed by atoms with Gasteiger partial charge in [0.25, 0.3) is 17.3 Å². The molecular weight excluding hydrogens is 465 g/mol. The third-order valence-corrected chi connectivity index (χ3v) is 6.88. The van der Waals surface area contributed by atoms with E-state index in [0.717, 1.165) is 42.9 Å². The van der Waals surface area contributed by atoms with Gasteiger partial charge >= 0.3 is 0 Å². The number of piperidine rings is 1. The van der Waals surface area contributed by atoms with Crippen LogP contribution in [0.3, 0.4) is 0 Å². The standard InChI is InChI=1S/C26H26FN5O4/c1-30(26(34)24-20(27)15-22-25(29-24)36-13-12-35-22)19-6-8-31(9-7-19)10-11-32-21-14-17(16-28)2-3-18(21)4-5-23(32)33/h2-5,14-15,19H,6-13H2,1H3. The molecule has 1 fully saturated rings. The van der Waals surface area contributed by atoms with Gasteiger partial charge in [-0.15, -0.1) is 0 Å². The third-order valence-electron chi connectivity index (χ3n) is 6.88. The molecule has 1 saturated heterocycles. The summed E-state index contributed by atoms with van der Waals surface area (Å²) in [6.07, 6.45) is 1.44. The Labute approximate surface area is 207 Å². The first kappa shape index (κ1) is 23.8. The van der Waals surface area contributed by atoms with Crippen molar-refractivity contribution in [2.24, 2.45) is 0 Å². The molecule has 0 saturated carbocycles. The second-order valence-corrected chi connectivity index (χ2v) is 9.02. The van der Waals surface area contributed by atoms with Crippen LogP contribution >= 0.6 is 0 Å². The summed E-state index contributed by atoms with van der Waals surface area (Å²) in [6.45, 7) is 3.26. The zero-order chi connectivity index (χ0) is 25.2. The number of ether oxygens (including phenoxy) is 2. The lowest BCUT2D eigenvalue weighted by Gasteiger charge is -2.36. The summed E-state index contributed by atoms with van der Waals surface area (Å²) in [7, 11) is 1.67. The lowest BCUT2D eigenvalue weighted by molar-refractivity contribution is 0.0626. The van der Waals surface area contributed by atoms with Gasteiger partial charge < -0.3 is 23.8 Å². The number of likely N-dealkylation sites (tertiary alicyclic amines) is 1. The van der Waals surface area contributed by atoms with Gasteiger partial charge in [-0.25, -0.2) is 9.37 Å². The Morgan fingerprint density at radius 3 is 2.69 bits per heavy atom. The molecule has 2 aliphatic heterocycles. The number of pyridine rings is 2. The molecule has 10 heteroatoms. The van der Waals surface area contributed by atoms with Crippen molar-refractivity contribution in [1.29, 1.82) is 5.26 Å². The van der Waals surface area contributed by atoms with E-state index in [2.05, 4.69) is 16.0 Å². The number of amides is 1. The van der Waals surface area contributed by atoms with Crippen molar-refractivity contribution < 1.29 is 18.7 Å². The number of fused-ring (bicyclic) bond motifs is 2. The average molecular weight is 492 g/mol. The van der Waals surface area contributed by atoms with Crippen molar-refractivity contribution in [3.8, 4) is 17.7 Å². The SMILES string of the molecule is CN(C(=O)c1nc2c(cc1F)OCCO2)C1CCN(CCn2c(=O)ccc3ccc(C#N)cc32)CC1. The number of nitrogens with zero attached hydrogens (tertiary/aromatic N) is 5. The predicted octanol–water partition coefficient (Wildman–Crippen LogP) is 2.42. The number of rotatable bonds is 5. The Hall–Kier alpha value is -3.97. The smallest absolute Gasteiger partial charge is 0.275 e. The zero-order valence-corrected chi connectivity index (χ0v) is 19.9. The second-order valence-electron chi connectivity index (χ2n) is 9.02. The highest BCUT2D eigenvalue weighted by atomic mass is 19.1. The number of hydrogen-bond acceptors (Lipinski definition) is 7. The molecule has 9 nitrogen and oxygen atoms in total. The molecule has 0 spiro atoms. The van der Waals surface area contributed by atoms with Crippen LogP contribution in [-0.4, -0.2) is 71.2 Å². The van der Waals surface area contributed by atoms with E-state index in [-0.39, 0.29) is 28.9 Å². The largest absolute Gasteiger partial charge is 0.484 e. The van der Waals surface area contributed by atoms with Gasteiger partial charge in [0, 0.05) is 51.4 Å². The molecule has 0 N–H and O–H groups in total. The van der Waals surface area contributed by atoms with Crippen molar-refractivity contribution in [2.75, 3.05) is 39.9 Å². The number of carbonyl (C=O) groups excluding carboxylic acids is 1. The molecule has 0 atom stereocenters. The van der Waals surface area contributed by atoms with Gasteiger partial charge in [-0.05, 0) is 36.4 Å². The summed E-state index contributed by atoms with van der Waals surface area (Å²) in [4.78, 5) is 33.4. The van der Waals surface area contributed by atoms with Crippen molar-refractivity contribution in [3.05, 3.63) is 63.8 Å². The van der Waals surface area contributed by atoms with Crippen LogP contribution in [0.4, 0.5) is 4.39 Å². The molecule has 3 aromatic rings. The van der Waals surface area contributed by atoms with E-state index in [4.69, 9.17) is 9.47 Å². The first-order chi connectivity index (χ1) is 17.4. The van der Waals surface area contributed by atoms with Crippen molar-refractivity contribution in [2.45, 2.75) is 25.4 Å². The van der Waals surface area contributed by atoms with Crippen LogP contribution in [0.5, 0.6) is 11.6 Å². The maximum Gasteiger partial charge on any atom is 0.275 e. The van der Waals surface area contributed by atoms with Crippen LogP contribution in [0.1, 0.15) is 28.9 Å². The lowest BCUT2D eigenvalue weighted by atomic mass is 10.0. The quantitative estimate of drug-likeness (QED) is 0.540. The van der Waals surface area contributed by atoms with E-state index in [1.165, 1.54) is 0 Å². The van der Waals surface area contributed by atoms with Gasteiger partial charge in [-0.3, -0.25) is 9.59 Å². The van der Waals surface area contributed by atoms with E-state index in [1.807, 2.05) is 6.07 Å². The van der Waals surface area contributed by atoms with Crippen LogP contribution in [0.25, 0.3) is 10.9 Å². The number of benzene rings is 1. The summed E-state index contributed by atoms with van der Waals surface area (Å²) in [6, 6.07) is 11.9. The molecule has 0 aliphatic carbocycles. The molecule has 186 valence electrons. The van der Waals surface area contributed by atoms with Crippen molar-refractivity contribution in [1.82, 2.24) is 19.4 Å². The summed E-state index contributed by atoms with van der Waals surface area (Å²) in [5.41, 5.74) is 0.887. The van der Waals surface area contributed by atoms with Gasteiger partial charge in [-0.1, -0.05) is 6.07 Å². The molecule has 36 heavy (non-hydrogen) atoms. The van der Waals surface area contributed by atoms with E-state index in [1.54, 1.807) is 40.8 Å². The Morgan fingerprint density at radius 2 is 1.92 bits per heavy atom.